The van der Waals surface area contributed by atoms with Crippen molar-refractivity contribution < 1.29 is 40.2 Å². The topological polar surface area (TPSA) is 18.5 Å². The van der Waals surface area contributed by atoms with Gasteiger partial charge in [-0.05, 0) is 54.5 Å². The van der Waals surface area contributed by atoms with E-state index in [1.54, 1.807) is 24.3 Å². The number of benzene rings is 3. The van der Waals surface area contributed by atoms with E-state index in [-0.39, 0.29) is 17.7 Å². The molecule has 9 heteroatoms. The summed E-state index contributed by atoms with van der Waals surface area (Å²) in [4.78, 5) is 0. The normalized spacial score (nSPS) is 18.4. The Hall–Kier alpha value is -3.07. The molecule has 1 fully saturated rings. The molecule has 0 aromatic heterocycles. The zero-order valence-corrected chi connectivity index (χ0v) is 19.5. The summed E-state index contributed by atoms with van der Waals surface area (Å²) < 4.78 is 110. The second kappa shape index (κ2) is 10.1. The van der Waals surface area contributed by atoms with Crippen molar-refractivity contribution in [1.29, 1.82) is 0 Å². The molecule has 1 saturated heterocycles. The summed E-state index contributed by atoms with van der Waals surface area (Å²) >= 11 is 0. The summed E-state index contributed by atoms with van der Waals surface area (Å²) in [7, 11) is 0. The first-order valence-electron chi connectivity index (χ1n) is 11.4. The zero-order valence-electron chi connectivity index (χ0n) is 19.5. The third-order valence-electron chi connectivity index (χ3n) is 6.49. The van der Waals surface area contributed by atoms with Gasteiger partial charge in [0.25, 0.3) is 0 Å². The molecular formula is C27H23F7O2. The van der Waals surface area contributed by atoms with Crippen LogP contribution in [0.15, 0.2) is 42.5 Å². The molecule has 2 nitrogen and oxygen atoms in total. The Kier molecular flexibility index (Phi) is 7.31. The molecule has 1 aliphatic heterocycles. The molecular weight excluding hydrogens is 489 g/mol. The van der Waals surface area contributed by atoms with Gasteiger partial charge < -0.3 is 9.47 Å². The number of alkyl halides is 2. The van der Waals surface area contributed by atoms with Crippen LogP contribution in [0.5, 0.6) is 5.75 Å². The van der Waals surface area contributed by atoms with E-state index in [4.69, 9.17) is 4.74 Å². The third kappa shape index (κ3) is 5.07. The minimum Gasteiger partial charge on any atom is -0.428 e. The van der Waals surface area contributed by atoms with Crippen molar-refractivity contribution >= 4 is 0 Å². The van der Waals surface area contributed by atoms with Gasteiger partial charge in [-0.15, -0.1) is 0 Å². The van der Waals surface area contributed by atoms with E-state index >= 15 is 0 Å². The summed E-state index contributed by atoms with van der Waals surface area (Å²) in [6, 6.07) is 8.35. The summed E-state index contributed by atoms with van der Waals surface area (Å²) in [6.45, 7) is 3.63. The molecule has 1 aliphatic rings. The van der Waals surface area contributed by atoms with E-state index in [2.05, 4.69) is 11.7 Å². The van der Waals surface area contributed by atoms with Crippen LogP contribution in [0.3, 0.4) is 0 Å². The highest BCUT2D eigenvalue weighted by Gasteiger charge is 2.42. The van der Waals surface area contributed by atoms with Crippen LogP contribution in [0, 0.1) is 41.9 Å². The first kappa shape index (κ1) is 26.0. The molecule has 4 rings (SSSR count). The van der Waals surface area contributed by atoms with Gasteiger partial charge in [0.1, 0.15) is 22.9 Å². The van der Waals surface area contributed by atoms with Crippen molar-refractivity contribution in [3.05, 3.63) is 88.2 Å². The fraction of sp³-hybridized carbons (Fsp3) is 0.333. The van der Waals surface area contributed by atoms with Crippen LogP contribution >= 0.6 is 0 Å². The van der Waals surface area contributed by atoms with E-state index in [1.807, 2.05) is 0 Å². The Balaban J connectivity index is 1.58. The fourth-order valence-electron chi connectivity index (χ4n) is 4.26. The standard InChI is InChI=1S/C27H23F7O2/c1-3-15-4-9-22(35-13-15)17-7-5-16(6-8-17)18-10-19(28)24(20(29)11-18)27(33,34)36-23-12-21(30)26(32)25(31)14(23)2/h5-8,10-12,15,22H,3-4,9,13H2,1-2H3. The van der Waals surface area contributed by atoms with Gasteiger partial charge in [0.15, 0.2) is 17.5 Å². The molecule has 3 aromatic rings. The molecule has 0 radical (unpaired) electrons. The van der Waals surface area contributed by atoms with Gasteiger partial charge in [0, 0.05) is 11.6 Å². The molecule has 0 N–H and O–H groups in total. The number of rotatable bonds is 6. The maximum Gasteiger partial charge on any atom is 0.432 e. The van der Waals surface area contributed by atoms with E-state index < -0.39 is 52.1 Å². The smallest absolute Gasteiger partial charge is 0.428 e. The Morgan fingerprint density at radius 2 is 1.50 bits per heavy atom. The van der Waals surface area contributed by atoms with Gasteiger partial charge in [-0.1, -0.05) is 37.6 Å². The lowest BCUT2D eigenvalue weighted by Gasteiger charge is -2.28. The molecule has 2 atom stereocenters. The number of ether oxygens (including phenoxy) is 2. The van der Waals surface area contributed by atoms with Crippen LogP contribution in [-0.2, 0) is 10.8 Å². The second-order valence-electron chi connectivity index (χ2n) is 8.84. The Morgan fingerprint density at radius 1 is 0.861 bits per heavy atom. The van der Waals surface area contributed by atoms with Gasteiger partial charge in [0.2, 0.25) is 0 Å². The van der Waals surface area contributed by atoms with Crippen LogP contribution in [0.4, 0.5) is 30.7 Å². The van der Waals surface area contributed by atoms with Crippen molar-refractivity contribution in [3.8, 4) is 16.9 Å². The van der Waals surface area contributed by atoms with Crippen LogP contribution in [0.2, 0.25) is 0 Å². The lowest BCUT2D eigenvalue weighted by atomic mass is 9.92. The van der Waals surface area contributed by atoms with Crippen molar-refractivity contribution in [2.45, 2.75) is 45.3 Å². The van der Waals surface area contributed by atoms with Gasteiger partial charge >= 0.3 is 6.11 Å². The minimum absolute atomic E-state index is 0.00163. The van der Waals surface area contributed by atoms with Gasteiger partial charge in [0.05, 0.1) is 12.7 Å². The van der Waals surface area contributed by atoms with E-state index in [0.29, 0.717) is 30.2 Å². The summed E-state index contributed by atoms with van der Waals surface area (Å²) in [5, 5.41) is 0. The quantitative estimate of drug-likeness (QED) is 0.244. The van der Waals surface area contributed by atoms with Crippen LogP contribution in [0.1, 0.15) is 49.0 Å². The Bertz CT molecular complexity index is 1230. The molecule has 0 aliphatic carbocycles. The molecule has 192 valence electrons. The van der Waals surface area contributed by atoms with E-state index in [9.17, 15) is 30.7 Å². The molecule has 0 amide bonds. The fourth-order valence-corrected chi connectivity index (χ4v) is 4.26. The van der Waals surface area contributed by atoms with Crippen molar-refractivity contribution in [2.75, 3.05) is 6.61 Å². The Labute approximate surface area is 203 Å². The van der Waals surface area contributed by atoms with Crippen molar-refractivity contribution in [2.24, 2.45) is 5.92 Å². The first-order valence-corrected chi connectivity index (χ1v) is 11.4. The maximum absolute atomic E-state index is 14.7. The van der Waals surface area contributed by atoms with Gasteiger partial charge in [-0.2, -0.15) is 8.78 Å². The molecule has 1 heterocycles. The van der Waals surface area contributed by atoms with Crippen LogP contribution < -0.4 is 4.74 Å². The lowest BCUT2D eigenvalue weighted by molar-refractivity contribution is -0.190. The molecule has 36 heavy (non-hydrogen) atoms. The number of hydrogen-bond donors (Lipinski definition) is 0. The molecule has 0 spiro atoms. The number of halogens is 7. The first-order chi connectivity index (χ1) is 17.0. The monoisotopic (exact) mass is 512 g/mol. The van der Waals surface area contributed by atoms with E-state index in [1.165, 1.54) is 0 Å². The predicted octanol–water partition coefficient (Wildman–Crippen LogP) is 8.36. The predicted molar refractivity (Wildman–Crippen MR) is 119 cm³/mol. The molecule has 2 unspecified atom stereocenters. The lowest BCUT2D eigenvalue weighted by Crippen LogP contribution is -2.26. The SMILES string of the molecule is CCC1CCC(c2ccc(-c3cc(F)c(C(F)(F)Oc4cc(F)c(F)c(F)c4C)c(F)c3)cc2)OC1. The van der Waals surface area contributed by atoms with Crippen molar-refractivity contribution in [3.63, 3.8) is 0 Å². The highest BCUT2D eigenvalue weighted by atomic mass is 19.3. The summed E-state index contributed by atoms with van der Waals surface area (Å²) in [5.41, 5.74) is -1.23. The van der Waals surface area contributed by atoms with Crippen LogP contribution in [-0.4, -0.2) is 6.61 Å². The average Bonchev–Trinajstić information content (AvgIpc) is 2.85. The van der Waals surface area contributed by atoms with Gasteiger partial charge in [-0.3, -0.25) is 0 Å². The second-order valence-corrected chi connectivity index (χ2v) is 8.84. The third-order valence-corrected chi connectivity index (χ3v) is 6.49. The Morgan fingerprint density at radius 3 is 2.06 bits per heavy atom. The van der Waals surface area contributed by atoms with Crippen LogP contribution in [0.25, 0.3) is 11.1 Å². The van der Waals surface area contributed by atoms with Crippen molar-refractivity contribution in [1.82, 2.24) is 0 Å². The number of hydrogen-bond acceptors (Lipinski definition) is 2. The summed E-state index contributed by atoms with van der Waals surface area (Å²) in [6.07, 6.45) is -1.80. The maximum atomic E-state index is 14.7. The average molecular weight is 512 g/mol. The largest absolute Gasteiger partial charge is 0.432 e. The molecule has 0 saturated carbocycles. The highest BCUT2D eigenvalue weighted by Crippen LogP contribution is 2.39. The van der Waals surface area contributed by atoms with Gasteiger partial charge in [-0.25, -0.2) is 22.0 Å². The zero-order chi connectivity index (χ0) is 26.2. The molecule has 3 aromatic carbocycles. The highest BCUT2D eigenvalue weighted by molar-refractivity contribution is 5.64. The summed E-state index contributed by atoms with van der Waals surface area (Å²) in [5.74, 6) is -9.22. The van der Waals surface area contributed by atoms with E-state index in [0.717, 1.165) is 31.7 Å². The minimum atomic E-state index is -4.65. The molecule has 0 bridgehead atoms.